The summed E-state index contributed by atoms with van der Waals surface area (Å²) in [7, 11) is 0. The van der Waals surface area contributed by atoms with Gasteiger partial charge in [0.25, 0.3) is 5.91 Å². The molecule has 12 nitrogen and oxygen atoms in total. The van der Waals surface area contributed by atoms with Gasteiger partial charge in [-0.3, -0.25) is 14.6 Å². The molecule has 0 aliphatic carbocycles. The van der Waals surface area contributed by atoms with E-state index in [1.54, 1.807) is 18.5 Å². The number of aliphatic carboxylic acids is 1. The smallest absolute Gasteiger partial charge is 0.475 e. The highest BCUT2D eigenvalue weighted by molar-refractivity contribution is 7.18. The second-order valence-corrected chi connectivity index (χ2v) is 8.74. The number of carboxylic acids is 1. The number of anilines is 3. The molecule has 2 aromatic carbocycles. The maximum atomic E-state index is 12.5. The van der Waals surface area contributed by atoms with E-state index in [-0.39, 0.29) is 12.5 Å². The topological polar surface area (TPSA) is 171 Å². The van der Waals surface area contributed by atoms with Crippen LogP contribution in [0.25, 0.3) is 21.5 Å². The zero-order chi connectivity index (χ0) is 28.0. The zero-order valence-electron chi connectivity index (χ0n) is 19.7. The number of hydrogen-bond donors (Lipinski definition) is 5. The number of carbonyl (C=O) groups is 2. The molecule has 202 valence electrons. The maximum absolute atomic E-state index is 12.5. The van der Waals surface area contributed by atoms with E-state index in [1.807, 2.05) is 36.4 Å². The number of benzene rings is 2. The van der Waals surface area contributed by atoms with Crippen molar-refractivity contribution >= 4 is 50.6 Å². The fourth-order valence-electron chi connectivity index (χ4n) is 3.17. The Hall–Kier alpha value is -4.83. The SMILES string of the molecule is O=C(Nc1cccc(-c2nnc(Nc3ccc4[nH]ncc4c3)s2)c1)c1cnn(CCO)c1.O=C(O)C(F)(F)F. The fourth-order valence-corrected chi connectivity index (χ4v) is 3.93. The first kappa shape index (κ1) is 27.2. The number of nitrogens with one attached hydrogen (secondary N) is 3. The predicted molar refractivity (Wildman–Crippen MR) is 136 cm³/mol. The highest BCUT2D eigenvalue weighted by atomic mass is 32.1. The van der Waals surface area contributed by atoms with E-state index >= 15 is 0 Å². The highest BCUT2D eigenvalue weighted by Gasteiger charge is 2.38. The molecule has 0 saturated carbocycles. The molecule has 3 aromatic heterocycles. The number of alkyl halides is 3. The normalized spacial score (nSPS) is 11.1. The molecule has 3 heterocycles. The van der Waals surface area contributed by atoms with E-state index in [4.69, 9.17) is 15.0 Å². The molecule has 5 rings (SSSR count). The summed E-state index contributed by atoms with van der Waals surface area (Å²) in [5.41, 5.74) is 3.76. The van der Waals surface area contributed by atoms with Crippen molar-refractivity contribution in [1.29, 1.82) is 0 Å². The van der Waals surface area contributed by atoms with Crippen LogP contribution in [0.5, 0.6) is 0 Å². The van der Waals surface area contributed by atoms with Crippen molar-refractivity contribution in [3.05, 3.63) is 66.6 Å². The van der Waals surface area contributed by atoms with Gasteiger partial charge in [-0.2, -0.15) is 23.4 Å². The Kier molecular flexibility index (Phi) is 8.16. The highest BCUT2D eigenvalue weighted by Crippen LogP contribution is 2.30. The third kappa shape index (κ3) is 7.14. The summed E-state index contributed by atoms with van der Waals surface area (Å²) in [6.45, 7) is 0.299. The summed E-state index contributed by atoms with van der Waals surface area (Å²) >= 11 is 1.41. The first-order chi connectivity index (χ1) is 18.6. The summed E-state index contributed by atoms with van der Waals surface area (Å²) in [6, 6.07) is 13.3. The molecule has 1 amide bonds. The number of aromatic amines is 1. The molecule has 16 heteroatoms. The Labute approximate surface area is 221 Å². The zero-order valence-corrected chi connectivity index (χ0v) is 20.5. The number of aliphatic hydroxyl groups is 1. The minimum Gasteiger partial charge on any atom is -0.475 e. The van der Waals surface area contributed by atoms with Gasteiger partial charge in [0.1, 0.15) is 5.01 Å². The largest absolute Gasteiger partial charge is 0.490 e. The number of carbonyl (C=O) groups excluding carboxylic acids is 1. The number of rotatable bonds is 7. The van der Waals surface area contributed by atoms with Crippen LogP contribution in [-0.4, -0.2) is 65.0 Å². The van der Waals surface area contributed by atoms with Crippen molar-refractivity contribution in [2.45, 2.75) is 12.7 Å². The number of aliphatic hydroxyl groups excluding tert-OH is 1. The quantitative estimate of drug-likeness (QED) is 0.198. The Morgan fingerprint density at radius 1 is 1.08 bits per heavy atom. The van der Waals surface area contributed by atoms with Crippen LogP contribution in [0.1, 0.15) is 10.4 Å². The minimum atomic E-state index is -5.08. The summed E-state index contributed by atoms with van der Waals surface area (Å²) in [4.78, 5) is 21.4. The lowest BCUT2D eigenvalue weighted by molar-refractivity contribution is -0.192. The number of amides is 1. The first-order valence-corrected chi connectivity index (χ1v) is 11.8. The molecule has 0 aliphatic rings. The standard InChI is InChI=1S/C21H18N8O2S.C2HF3O2/c30-7-6-29-12-15(11-23-29)19(31)24-16-3-1-2-13(8-16)20-27-28-21(32-20)25-17-4-5-18-14(9-17)10-22-26-18;3-2(4,5)1(6)7/h1-5,8-12,30H,6-7H2,(H,22,26)(H,24,31)(H,25,28);(H,6,7). The van der Waals surface area contributed by atoms with E-state index in [2.05, 4.69) is 36.1 Å². The van der Waals surface area contributed by atoms with Gasteiger partial charge in [-0.05, 0) is 30.3 Å². The maximum Gasteiger partial charge on any atom is 0.490 e. The third-order valence-electron chi connectivity index (χ3n) is 4.95. The van der Waals surface area contributed by atoms with E-state index < -0.39 is 12.1 Å². The van der Waals surface area contributed by atoms with Crippen LogP contribution in [0.3, 0.4) is 0 Å². The van der Waals surface area contributed by atoms with Crippen molar-refractivity contribution in [2.75, 3.05) is 17.2 Å². The molecule has 0 atom stereocenters. The summed E-state index contributed by atoms with van der Waals surface area (Å²) < 4.78 is 33.3. The van der Waals surface area contributed by atoms with Gasteiger partial charge in [-0.25, -0.2) is 4.79 Å². The van der Waals surface area contributed by atoms with Crippen LogP contribution >= 0.6 is 11.3 Å². The summed E-state index contributed by atoms with van der Waals surface area (Å²) in [6.07, 6.45) is -0.249. The monoisotopic (exact) mass is 560 g/mol. The molecule has 0 spiro atoms. The van der Waals surface area contributed by atoms with Gasteiger partial charge in [0.2, 0.25) is 5.13 Å². The molecule has 0 radical (unpaired) electrons. The molecular weight excluding hydrogens is 541 g/mol. The number of aromatic nitrogens is 6. The number of fused-ring (bicyclic) bond motifs is 1. The number of nitrogens with zero attached hydrogens (tertiary/aromatic N) is 5. The van der Waals surface area contributed by atoms with E-state index in [9.17, 15) is 18.0 Å². The van der Waals surface area contributed by atoms with Gasteiger partial charge >= 0.3 is 12.1 Å². The van der Waals surface area contributed by atoms with Crippen molar-refractivity contribution in [3.63, 3.8) is 0 Å². The molecule has 39 heavy (non-hydrogen) atoms. The second kappa shape index (κ2) is 11.7. The number of hydrogen-bond acceptors (Lipinski definition) is 9. The van der Waals surface area contributed by atoms with Crippen molar-refractivity contribution in [2.24, 2.45) is 0 Å². The molecule has 0 bridgehead atoms. The summed E-state index contributed by atoms with van der Waals surface area (Å²) in [5, 5.41) is 44.1. The summed E-state index contributed by atoms with van der Waals surface area (Å²) in [5.74, 6) is -3.03. The van der Waals surface area contributed by atoms with Gasteiger partial charge in [-0.1, -0.05) is 23.5 Å². The van der Waals surface area contributed by atoms with Crippen LogP contribution in [0.4, 0.5) is 29.7 Å². The Morgan fingerprint density at radius 2 is 1.87 bits per heavy atom. The van der Waals surface area contributed by atoms with E-state index in [1.165, 1.54) is 22.2 Å². The second-order valence-electron chi connectivity index (χ2n) is 7.76. The molecule has 5 aromatic rings. The average Bonchev–Trinajstić information content (AvgIpc) is 3.65. The minimum absolute atomic E-state index is 0.0403. The third-order valence-corrected chi connectivity index (χ3v) is 5.84. The van der Waals surface area contributed by atoms with Gasteiger partial charge in [0, 0.05) is 28.5 Å². The van der Waals surface area contributed by atoms with Crippen LogP contribution in [-0.2, 0) is 11.3 Å². The molecule has 0 aliphatic heterocycles. The number of carboxylic acid groups (broad SMARTS) is 1. The van der Waals surface area contributed by atoms with Gasteiger partial charge in [-0.15, -0.1) is 10.2 Å². The van der Waals surface area contributed by atoms with Crippen LogP contribution in [0.15, 0.2) is 61.1 Å². The fraction of sp³-hybridized carbons (Fsp3) is 0.130. The van der Waals surface area contributed by atoms with Crippen molar-refractivity contribution in [1.82, 2.24) is 30.2 Å². The van der Waals surface area contributed by atoms with Gasteiger partial charge in [0.05, 0.1) is 36.6 Å². The number of H-pyrrole nitrogens is 1. The lowest BCUT2D eigenvalue weighted by Crippen LogP contribution is -2.21. The van der Waals surface area contributed by atoms with Crippen LogP contribution < -0.4 is 10.6 Å². The van der Waals surface area contributed by atoms with Gasteiger partial charge in [0.15, 0.2) is 0 Å². The Balaban J connectivity index is 0.000000448. The molecule has 0 saturated heterocycles. The molecule has 0 fully saturated rings. The van der Waals surface area contributed by atoms with Crippen LogP contribution in [0.2, 0.25) is 0 Å². The Bertz CT molecular complexity index is 1600. The number of halogens is 3. The molecular formula is C23H19F3N8O4S. The van der Waals surface area contributed by atoms with Crippen LogP contribution in [0, 0.1) is 0 Å². The average molecular weight is 561 g/mol. The lowest BCUT2D eigenvalue weighted by Gasteiger charge is -2.05. The van der Waals surface area contributed by atoms with Gasteiger partial charge < -0.3 is 20.8 Å². The van der Waals surface area contributed by atoms with E-state index in [0.717, 1.165) is 27.2 Å². The van der Waals surface area contributed by atoms with E-state index in [0.29, 0.717) is 22.9 Å². The van der Waals surface area contributed by atoms with Crippen molar-refractivity contribution in [3.8, 4) is 10.6 Å². The molecule has 5 N–H and O–H groups in total. The predicted octanol–water partition coefficient (Wildman–Crippen LogP) is 3.90. The van der Waals surface area contributed by atoms with Crippen molar-refractivity contribution < 1.29 is 33.0 Å². The first-order valence-electron chi connectivity index (χ1n) is 11.0. The molecule has 0 unspecified atom stereocenters. The Morgan fingerprint density at radius 3 is 2.62 bits per heavy atom. The lowest BCUT2D eigenvalue weighted by atomic mass is 10.2.